The lowest BCUT2D eigenvalue weighted by molar-refractivity contribution is 0.415. The van der Waals surface area contributed by atoms with E-state index in [2.05, 4.69) is 9.97 Å². The van der Waals surface area contributed by atoms with Crippen LogP contribution in [0.1, 0.15) is 0 Å². The van der Waals surface area contributed by atoms with Gasteiger partial charge in [-0.3, -0.25) is 13.9 Å². The van der Waals surface area contributed by atoms with Crippen molar-refractivity contribution in [3.63, 3.8) is 0 Å². The van der Waals surface area contributed by atoms with Crippen molar-refractivity contribution in [2.45, 2.75) is 4.90 Å². The highest BCUT2D eigenvalue weighted by atomic mass is 32.2. The summed E-state index contributed by atoms with van der Waals surface area (Å²) < 4.78 is 47.0. The predicted molar refractivity (Wildman–Crippen MR) is 128 cm³/mol. The zero-order valence-electron chi connectivity index (χ0n) is 18.3. The lowest BCUT2D eigenvalue weighted by Gasteiger charge is -2.11. The minimum absolute atomic E-state index is 0.0521. The molecule has 0 spiro atoms. The maximum atomic E-state index is 15.3. The monoisotopic (exact) mass is 491 g/mol. The van der Waals surface area contributed by atoms with E-state index >= 15 is 4.39 Å². The fourth-order valence-electron chi connectivity index (χ4n) is 3.84. The summed E-state index contributed by atoms with van der Waals surface area (Å²) in [4.78, 5) is 21.6. The van der Waals surface area contributed by atoms with E-state index in [9.17, 15) is 13.2 Å². The molecule has 176 valence electrons. The van der Waals surface area contributed by atoms with Crippen molar-refractivity contribution in [1.29, 1.82) is 0 Å². The largest absolute Gasteiger partial charge is 0.497 e. The second-order valence-electron chi connectivity index (χ2n) is 7.61. The van der Waals surface area contributed by atoms with Gasteiger partial charge in [-0.2, -0.15) is 0 Å². The molecule has 0 aliphatic rings. The Morgan fingerprint density at radius 3 is 2.29 bits per heavy atom. The average molecular weight is 492 g/mol. The SMILES string of the molecule is COc1ccc(-n2cnc3ncn(-c4ccc(-c5ccccc5S(N)(=O)=O)cc4F)c(=O)c32)cc1. The zero-order valence-corrected chi connectivity index (χ0v) is 19.1. The van der Waals surface area contributed by atoms with Crippen LogP contribution in [0.25, 0.3) is 33.7 Å². The topological polar surface area (TPSA) is 122 Å². The molecule has 5 rings (SSSR count). The molecule has 0 saturated heterocycles. The number of halogens is 1. The highest BCUT2D eigenvalue weighted by Crippen LogP contribution is 2.29. The number of rotatable bonds is 5. The highest BCUT2D eigenvalue weighted by molar-refractivity contribution is 7.89. The van der Waals surface area contributed by atoms with Crippen LogP contribution >= 0.6 is 0 Å². The number of nitrogens with two attached hydrogens (primary N) is 1. The molecule has 0 aliphatic heterocycles. The first-order chi connectivity index (χ1) is 16.8. The molecule has 2 aromatic heterocycles. The lowest BCUT2D eigenvalue weighted by Crippen LogP contribution is -2.21. The Bertz CT molecular complexity index is 1740. The number of fused-ring (bicyclic) bond motifs is 1. The fraction of sp³-hybridized carbons (Fsp3) is 0.0417. The van der Waals surface area contributed by atoms with E-state index in [4.69, 9.17) is 9.88 Å². The third kappa shape index (κ3) is 3.96. The lowest BCUT2D eigenvalue weighted by atomic mass is 10.0. The molecule has 0 unspecified atom stereocenters. The van der Waals surface area contributed by atoms with Crippen LogP contribution in [0.15, 0.2) is 89.1 Å². The minimum atomic E-state index is -4.02. The van der Waals surface area contributed by atoms with E-state index < -0.39 is 21.4 Å². The second-order valence-corrected chi connectivity index (χ2v) is 9.14. The second kappa shape index (κ2) is 8.46. The van der Waals surface area contributed by atoms with Crippen LogP contribution < -0.4 is 15.4 Å². The van der Waals surface area contributed by atoms with E-state index in [1.807, 2.05) is 0 Å². The summed E-state index contributed by atoms with van der Waals surface area (Å²) in [6.45, 7) is 0. The van der Waals surface area contributed by atoms with E-state index in [1.54, 1.807) is 42.0 Å². The summed E-state index contributed by atoms with van der Waals surface area (Å²) in [6.07, 6.45) is 2.67. The third-order valence-corrected chi connectivity index (χ3v) is 6.50. The molecule has 2 N–H and O–H groups in total. The van der Waals surface area contributed by atoms with Crippen molar-refractivity contribution in [1.82, 2.24) is 19.1 Å². The van der Waals surface area contributed by atoms with E-state index in [1.165, 1.54) is 43.0 Å². The number of methoxy groups -OCH3 is 1. The number of imidazole rings is 1. The van der Waals surface area contributed by atoms with Crippen LogP contribution in [-0.4, -0.2) is 34.6 Å². The number of sulfonamides is 1. The molecule has 3 aromatic carbocycles. The predicted octanol–water partition coefficient (Wildman–Crippen LogP) is 3.03. The van der Waals surface area contributed by atoms with Gasteiger partial charge in [0.1, 0.15) is 24.2 Å². The molecule has 0 aliphatic carbocycles. The Hall–Kier alpha value is -4.35. The van der Waals surface area contributed by atoms with Crippen LogP contribution in [0.5, 0.6) is 5.75 Å². The smallest absolute Gasteiger partial charge is 0.284 e. The number of nitrogens with zero attached hydrogens (tertiary/aromatic N) is 4. The van der Waals surface area contributed by atoms with Gasteiger partial charge in [-0.1, -0.05) is 24.3 Å². The number of hydrogen-bond donors (Lipinski definition) is 1. The van der Waals surface area contributed by atoms with E-state index in [-0.39, 0.29) is 27.3 Å². The van der Waals surface area contributed by atoms with Crippen molar-refractivity contribution >= 4 is 21.2 Å². The van der Waals surface area contributed by atoms with Crippen molar-refractivity contribution in [2.24, 2.45) is 5.14 Å². The van der Waals surface area contributed by atoms with Gasteiger partial charge in [0.25, 0.3) is 5.56 Å². The normalized spacial score (nSPS) is 11.6. The molecule has 0 atom stereocenters. The van der Waals surface area contributed by atoms with Crippen molar-refractivity contribution < 1.29 is 17.5 Å². The maximum absolute atomic E-state index is 15.3. The number of benzene rings is 3. The number of hydrogen-bond acceptors (Lipinski definition) is 6. The molecule has 11 heteroatoms. The van der Waals surface area contributed by atoms with Crippen LogP contribution in [0.2, 0.25) is 0 Å². The Balaban J connectivity index is 1.63. The first-order valence-electron chi connectivity index (χ1n) is 10.3. The van der Waals surface area contributed by atoms with Gasteiger partial charge in [0.05, 0.1) is 17.7 Å². The van der Waals surface area contributed by atoms with Gasteiger partial charge in [0.2, 0.25) is 10.0 Å². The van der Waals surface area contributed by atoms with Gasteiger partial charge in [-0.15, -0.1) is 0 Å². The molecular formula is C24H18FN5O4S. The van der Waals surface area contributed by atoms with Crippen LogP contribution in [-0.2, 0) is 10.0 Å². The summed E-state index contributed by atoms with van der Waals surface area (Å²) in [6, 6.07) is 17.1. The summed E-state index contributed by atoms with van der Waals surface area (Å²) in [5.41, 5.74) is 0.992. The Morgan fingerprint density at radius 1 is 0.943 bits per heavy atom. The highest BCUT2D eigenvalue weighted by Gasteiger charge is 2.18. The van der Waals surface area contributed by atoms with E-state index in [0.29, 0.717) is 17.0 Å². The Kier molecular flexibility index (Phi) is 5.42. The van der Waals surface area contributed by atoms with Crippen molar-refractivity contribution in [2.75, 3.05) is 7.11 Å². The molecule has 9 nitrogen and oxygen atoms in total. The quantitative estimate of drug-likeness (QED) is 0.403. The first kappa shape index (κ1) is 22.4. The molecule has 0 fully saturated rings. The zero-order chi connectivity index (χ0) is 24.7. The van der Waals surface area contributed by atoms with Gasteiger partial charge < -0.3 is 4.74 Å². The molecule has 0 amide bonds. The molecule has 5 aromatic rings. The summed E-state index contributed by atoms with van der Waals surface area (Å²) in [5.74, 6) is -0.0923. The fourth-order valence-corrected chi connectivity index (χ4v) is 4.61. The minimum Gasteiger partial charge on any atom is -0.497 e. The third-order valence-electron chi connectivity index (χ3n) is 5.53. The van der Waals surface area contributed by atoms with Crippen molar-refractivity contribution in [3.8, 4) is 28.3 Å². The first-order valence-corrected chi connectivity index (χ1v) is 11.8. The molecule has 0 radical (unpaired) electrons. The van der Waals surface area contributed by atoms with Gasteiger partial charge in [0.15, 0.2) is 11.2 Å². The van der Waals surface area contributed by atoms with Crippen molar-refractivity contribution in [3.05, 3.63) is 95.6 Å². The summed E-state index contributed by atoms with van der Waals surface area (Å²) in [7, 11) is -2.47. The van der Waals surface area contributed by atoms with E-state index in [0.717, 1.165) is 10.6 Å². The number of aromatic nitrogens is 4. The molecule has 0 bridgehead atoms. The average Bonchev–Trinajstić information content (AvgIpc) is 3.29. The van der Waals surface area contributed by atoms with Crippen LogP contribution in [0.3, 0.4) is 0 Å². The molecule has 2 heterocycles. The molecule has 0 saturated carbocycles. The van der Waals surface area contributed by atoms with Gasteiger partial charge >= 0.3 is 0 Å². The maximum Gasteiger partial charge on any atom is 0.284 e. The molecular weight excluding hydrogens is 473 g/mol. The van der Waals surface area contributed by atoms with Gasteiger partial charge in [-0.25, -0.2) is 27.9 Å². The number of primary sulfonamides is 1. The number of ether oxygens (including phenoxy) is 1. The standard InChI is InChI=1S/C24H18FN5O4S/c1-34-17-9-7-16(8-10-17)29-13-27-23-22(29)24(31)30(14-28-23)20-11-6-15(12-19(20)25)18-4-2-3-5-21(18)35(26,32)33/h2-14H,1H3,(H2,26,32,33). The Labute approximate surface area is 198 Å². The molecule has 35 heavy (non-hydrogen) atoms. The Morgan fingerprint density at radius 2 is 1.63 bits per heavy atom. The van der Waals surface area contributed by atoms with Gasteiger partial charge in [-0.05, 0) is 48.0 Å². The van der Waals surface area contributed by atoms with Gasteiger partial charge in [0, 0.05) is 11.3 Å². The summed E-state index contributed by atoms with van der Waals surface area (Å²) >= 11 is 0. The van der Waals surface area contributed by atoms with Crippen LogP contribution in [0, 0.1) is 5.82 Å². The summed E-state index contributed by atoms with van der Waals surface area (Å²) in [5, 5.41) is 5.30. The van der Waals surface area contributed by atoms with Crippen LogP contribution in [0.4, 0.5) is 4.39 Å².